The number of rotatable bonds is 0. The highest BCUT2D eigenvalue weighted by atomic mass is 19.4. The van der Waals surface area contributed by atoms with Crippen LogP contribution < -0.4 is 0 Å². The third-order valence-corrected chi connectivity index (χ3v) is 1.63. The molecule has 0 radical (unpaired) electrons. The number of alkyl halides is 3. The van der Waals surface area contributed by atoms with Crippen LogP contribution in [-0.4, -0.2) is 6.18 Å². The zero-order valence-corrected chi connectivity index (χ0v) is 6.20. The normalized spacial score (nSPS) is 19.3. The van der Waals surface area contributed by atoms with Crippen LogP contribution in [0.4, 0.5) is 13.2 Å². The first-order chi connectivity index (χ1) is 5.00. The second-order valence-corrected chi connectivity index (χ2v) is 2.69. The van der Waals surface area contributed by atoms with Crippen molar-refractivity contribution < 1.29 is 13.2 Å². The van der Waals surface area contributed by atoms with Gasteiger partial charge >= 0.3 is 6.18 Å². The zero-order valence-electron chi connectivity index (χ0n) is 6.20. The first-order valence-corrected chi connectivity index (χ1v) is 3.44. The van der Waals surface area contributed by atoms with Crippen LogP contribution in [0.25, 0.3) is 0 Å². The lowest BCUT2D eigenvalue weighted by Gasteiger charge is -2.13. The Labute approximate surface area is 63.4 Å². The molecule has 1 aliphatic carbocycles. The smallest absolute Gasteiger partial charge is 0.166 e. The Morgan fingerprint density at radius 1 is 1.36 bits per heavy atom. The Balaban J connectivity index is 2.82. The molecule has 0 saturated carbocycles. The summed E-state index contributed by atoms with van der Waals surface area (Å²) in [5.74, 6) is 0. The van der Waals surface area contributed by atoms with Crippen LogP contribution in [0.3, 0.4) is 0 Å². The van der Waals surface area contributed by atoms with Crippen LogP contribution in [0, 0.1) is 0 Å². The number of allylic oxidation sites excluding steroid dienone is 4. The first kappa shape index (κ1) is 8.37. The van der Waals surface area contributed by atoms with Gasteiger partial charge in [-0.2, -0.15) is 13.2 Å². The second-order valence-electron chi connectivity index (χ2n) is 2.69. The van der Waals surface area contributed by atoms with Crippen LogP contribution in [0.2, 0.25) is 0 Å². The summed E-state index contributed by atoms with van der Waals surface area (Å²) < 4.78 is 36.0. The summed E-state index contributed by atoms with van der Waals surface area (Å²) in [7, 11) is 0. The van der Waals surface area contributed by atoms with Gasteiger partial charge in [0.1, 0.15) is 0 Å². The minimum absolute atomic E-state index is 0.499. The van der Waals surface area contributed by atoms with Crippen molar-refractivity contribution in [1.29, 1.82) is 0 Å². The second kappa shape index (κ2) is 2.72. The van der Waals surface area contributed by atoms with Crippen LogP contribution in [0.1, 0.15) is 19.8 Å². The SMILES string of the molecule is CC1=CC(C(F)(F)F)=CCC1. The van der Waals surface area contributed by atoms with E-state index in [9.17, 15) is 13.2 Å². The van der Waals surface area contributed by atoms with E-state index in [1.54, 1.807) is 6.92 Å². The molecule has 0 N–H and O–H groups in total. The molecular formula is C8H9F3. The van der Waals surface area contributed by atoms with E-state index in [2.05, 4.69) is 0 Å². The van der Waals surface area contributed by atoms with Crippen molar-refractivity contribution in [3.05, 3.63) is 23.3 Å². The summed E-state index contributed by atoms with van der Waals surface area (Å²) in [6.45, 7) is 1.72. The van der Waals surface area contributed by atoms with E-state index in [1.165, 1.54) is 12.2 Å². The molecule has 0 aromatic rings. The summed E-state index contributed by atoms with van der Waals surface area (Å²) in [6.07, 6.45) is -0.449. The molecule has 0 aromatic carbocycles. The maximum absolute atomic E-state index is 12.0. The highest BCUT2D eigenvalue weighted by molar-refractivity contribution is 5.30. The Kier molecular flexibility index (Phi) is 2.07. The summed E-state index contributed by atoms with van der Waals surface area (Å²) in [6, 6.07) is 0. The van der Waals surface area contributed by atoms with E-state index in [1.807, 2.05) is 0 Å². The highest BCUT2D eigenvalue weighted by Gasteiger charge is 2.32. The standard InChI is InChI=1S/C8H9F3/c1-6-3-2-4-7(5-6)8(9,10)11/h4-5H,2-3H2,1H3. The quantitative estimate of drug-likeness (QED) is 0.513. The topological polar surface area (TPSA) is 0 Å². The molecule has 0 aliphatic heterocycles. The average molecular weight is 162 g/mol. The number of hydrogen-bond acceptors (Lipinski definition) is 0. The lowest BCUT2D eigenvalue weighted by Crippen LogP contribution is -2.11. The fourth-order valence-electron chi connectivity index (χ4n) is 1.05. The van der Waals surface area contributed by atoms with E-state index in [4.69, 9.17) is 0 Å². The van der Waals surface area contributed by atoms with Gasteiger partial charge in [0, 0.05) is 0 Å². The summed E-state index contributed by atoms with van der Waals surface area (Å²) in [5, 5.41) is 0. The number of hydrogen-bond donors (Lipinski definition) is 0. The zero-order chi connectivity index (χ0) is 8.48. The van der Waals surface area contributed by atoms with Crippen LogP contribution in [0.15, 0.2) is 23.3 Å². The molecule has 0 atom stereocenters. The predicted molar refractivity (Wildman–Crippen MR) is 37.1 cm³/mol. The van der Waals surface area contributed by atoms with Crippen molar-refractivity contribution in [3.63, 3.8) is 0 Å². The third-order valence-electron chi connectivity index (χ3n) is 1.63. The fraction of sp³-hybridized carbons (Fsp3) is 0.500. The number of halogens is 3. The van der Waals surface area contributed by atoms with Crippen molar-refractivity contribution in [1.82, 2.24) is 0 Å². The molecule has 0 fully saturated rings. The molecule has 1 rings (SSSR count). The van der Waals surface area contributed by atoms with E-state index in [0.29, 0.717) is 6.42 Å². The molecule has 3 heteroatoms. The van der Waals surface area contributed by atoms with Gasteiger partial charge in [-0.15, -0.1) is 0 Å². The maximum Gasteiger partial charge on any atom is 0.416 e. The lowest BCUT2D eigenvalue weighted by molar-refractivity contribution is -0.0887. The van der Waals surface area contributed by atoms with Gasteiger partial charge in [-0.3, -0.25) is 0 Å². The van der Waals surface area contributed by atoms with Gasteiger partial charge in [-0.25, -0.2) is 0 Å². The third kappa shape index (κ3) is 2.10. The van der Waals surface area contributed by atoms with Crippen molar-refractivity contribution >= 4 is 0 Å². The van der Waals surface area contributed by atoms with Gasteiger partial charge in [0.05, 0.1) is 5.57 Å². The molecule has 0 spiro atoms. The van der Waals surface area contributed by atoms with E-state index < -0.39 is 11.7 Å². The molecule has 0 bridgehead atoms. The minimum atomic E-state index is -4.16. The minimum Gasteiger partial charge on any atom is -0.166 e. The lowest BCUT2D eigenvalue weighted by atomic mass is 10.0. The van der Waals surface area contributed by atoms with Gasteiger partial charge in [0.2, 0.25) is 0 Å². The molecule has 0 amide bonds. The largest absolute Gasteiger partial charge is 0.416 e. The van der Waals surface area contributed by atoms with Crippen molar-refractivity contribution in [2.75, 3.05) is 0 Å². The Morgan fingerprint density at radius 2 is 2.00 bits per heavy atom. The van der Waals surface area contributed by atoms with Gasteiger partial charge in [-0.1, -0.05) is 17.7 Å². The van der Waals surface area contributed by atoms with E-state index >= 15 is 0 Å². The van der Waals surface area contributed by atoms with Crippen molar-refractivity contribution in [3.8, 4) is 0 Å². The molecule has 0 unspecified atom stereocenters. The molecular weight excluding hydrogens is 153 g/mol. The van der Waals surface area contributed by atoms with Gasteiger partial charge in [0.15, 0.2) is 0 Å². The van der Waals surface area contributed by atoms with E-state index in [-0.39, 0.29) is 0 Å². The molecule has 0 saturated heterocycles. The highest BCUT2D eigenvalue weighted by Crippen LogP contribution is 2.31. The molecule has 62 valence electrons. The maximum atomic E-state index is 12.0. The summed E-state index contributed by atoms with van der Waals surface area (Å²) in [5.41, 5.74) is 0.307. The molecule has 0 heterocycles. The molecule has 0 nitrogen and oxygen atoms in total. The first-order valence-electron chi connectivity index (χ1n) is 3.44. The monoisotopic (exact) mass is 162 g/mol. The summed E-state index contributed by atoms with van der Waals surface area (Å²) in [4.78, 5) is 0. The van der Waals surface area contributed by atoms with Gasteiger partial charge < -0.3 is 0 Å². The summed E-state index contributed by atoms with van der Waals surface area (Å²) >= 11 is 0. The van der Waals surface area contributed by atoms with Gasteiger partial charge in [-0.05, 0) is 19.8 Å². The van der Waals surface area contributed by atoms with Crippen molar-refractivity contribution in [2.45, 2.75) is 25.9 Å². The molecule has 0 aromatic heterocycles. The predicted octanol–water partition coefficient (Wildman–Crippen LogP) is 3.22. The molecule has 11 heavy (non-hydrogen) atoms. The Bertz CT molecular complexity index is 208. The Morgan fingerprint density at radius 3 is 2.36 bits per heavy atom. The van der Waals surface area contributed by atoms with Crippen LogP contribution in [0.5, 0.6) is 0 Å². The average Bonchev–Trinajstić information content (AvgIpc) is 1.86. The van der Waals surface area contributed by atoms with Gasteiger partial charge in [0.25, 0.3) is 0 Å². The van der Waals surface area contributed by atoms with Crippen LogP contribution in [-0.2, 0) is 0 Å². The van der Waals surface area contributed by atoms with Crippen LogP contribution >= 0.6 is 0 Å². The Hall–Kier alpha value is -0.730. The van der Waals surface area contributed by atoms with Crippen molar-refractivity contribution in [2.24, 2.45) is 0 Å². The fourth-order valence-corrected chi connectivity index (χ4v) is 1.05. The van der Waals surface area contributed by atoms with E-state index in [0.717, 1.165) is 12.0 Å². The molecule has 1 aliphatic rings.